The van der Waals surface area contributed by atoms with E-state index >= 15 is 0 Å². The summed E-state index contributed by atoms with van der Waals surface area (Å²) in [6.07, 6.45) is 0.479. The fourth-order valence-electron chi connectivity index (χ4n) is 1.19. The molecule has 0 atom stereocenters. The van der Waals surface area contributed by atoms with Crippen molar-refractivity contribution in [1.82, 2.24) is 10.2 Å². The predicted molar refractivity (Wildman–Crippen MR) is 63.4 cm³/mol. The van der Waals surface area contributed by atoms with Crippen LogP contribution in [-0.4, -0.2) is 16.1 Å². The van der Waals surface area contributed by atoms with E-state index in [1.54, 1.807) is 0 Å². The van der Waals surface area contributed by atoms with Gasteiger partial charge in [0.1, 0.15) is 5.82 Å². The van der Waals surface area contributed by atoms with Crippen molar-refractivity contribution in [1.29, 1.82) is 0 Å². The second-order valence-electron chi connectivity index (χ2n) is 3.19. The Balaban J connectivity index is 2.16. The van der Waals surface area contributed by atoms with Gasteiger partial charge in [-0.05, 0) is 18.2 Å². The molecule has 0 aliphatic rings. The highest BCUT2D eigenvalue weighted by atomic mass is 35.5. The average Bonchev–Trinajstić information content (AvgIpc) is 2.72. The van der Waals surface area contributed by atoms with Crippen LogP contribution in [0.3, 0.4) is 0 Å². The highest BCUT2D eigenvalue weighted by Gasteiger charge is 2.08. The lowest BCUT2D eigenvalue weighted by atomic mass is 10.3. The number of aromatic nitrogens is 2. The van der Waals surface area contributed by atoms with E-state index in [9.17, 15) is 4.39 Å². The molecule has 0 aliphatic carbocycles. The summed E-state index contributed by atoms with van der Waals surface area (Å²) >= 11 is 11.4. The summed E-state index contributed by atoms with van der Waals surface area (Å²) in [6, 6.07) is 4.10. The minimum atomic E-state index is -0.405. The highest BCUT2D eigenvalue weighted by molar-refractivity contribution is 6.33. The molecule has 7 heteroatoms. The minimum Gasteiger partial charge on any atom is -0.408 e. The number of rotatable bonds is 4. The first-order valence-corrected chi connectivity index (χ1v) is 5.70. The first-order valence-electron chi connectivity index (χ1n) is 4.79. The molecule has 0 saturated carbocycles. The number of hydrogen-bond donors (Lipinski definition) is 1. The molecule has 1 aromatic carbocycles. The van der Waals surface area contributed by atoms with Gasteiger partial charge in [0, 0.05) is 12.3 Å². The molecule has 4 nitrogen and oxygen atoms in total. The fraction of sp³-hybridized carbons (Fsp3) is 0.200. The monoisotopic (exact) mass is 275 g/mol. The first kappa shape index (κ1) is 12.1. The summed E-state index contributed by atoms with van der Waals surface area (Å²) < 4.78 is 18.2. The Morgan fingerprint density at radius 3 is 2.94 bits per heavy atom. The van der Waals surface area contributed by atoms with Gasteiger partial charge in [0.15, 0.2) is 0 Å². The summed E-state index contributed by atoms with van der Waals surface area (Å²) in [5, 5.41) is 10.6. The van der Waals surface area contributed by atoms with E-state index < -0.39 is 5.82 Å². The molecule has 0 bridgehead atoms. The molecule has 17 heavy (non-hydrogen) atoms. The van der Waals surface area contributed by atoms with Gasteiger partial charge in [0.25, 0.3) is 0 Å². The number of anilines is 2. The second kappa shape index (κ2) is 5.33. The molecule has 0 radical (unpaired) electrons. The number of alkyl halides is 1. The average molecular weight is 276 g/mol. The van der Waals surface area contributed by atoms with Crippen molar-refractivity contribution in [2.24, 2.45) is 0 Å². The van der Waals surface area contributed by atoms with Crippen LogP contribution in [0.4, 0.5) is 16.1 Å². The molecule has 1 N–H and O–H groups in total. The van der Waals surface area contributed by atoms with E-state index in [0.29, 0.717) is 28.9 Å². The lowest BCUT2D eigenvalue weighted by Gasteiger charge is -2.03. The van der Waals surface area contributed by atoms with Crippen molar-refractivity contribution in [3.05, 3.63) is 34.9 Å². The molecule has 2 aromatic rings. The zero-order valence-electron chi connectivity index (χ0n) is 8.58. The molecular weight excluding hydrogens is 268 g/mol. The SMILES string of the molecule is Fc1ccc(Cl)c(Nc2nnc(CCCl)o2)c1. The van der Waals surface area contributed by atoms with Gasteiger partial charge in [0.2, 0.25) is 5.89 Å². The summed E-state index contributed by atoms with van der Waals surface area (Å²) in [4.78, 5) is 0. The van der Waals surface area contributed by atoms with Crippen molar-refractivity contribution in [3.8, 4) is 0 Å². The summed E-state index contributed by atoms with van der Waals surface area (Å²) in [7, 11) is 0. The quantitative estimate of drug-likeness (QED) is 0.869. The smallest absolute Gasteiger partial charge is 0.320 e. The largest absolute Gasteiger partial charge is 0.408 e. The summed E-state index contributed by atoms with van der Waals surface area (Å²) in [5.41, 5.74) is 0.368. The Morgan fingerprint density at radius 1 is 1.35 bits per heavy atom. The van der Waals surface area contributed by atoms with Crippen molar-refractivity contribution < 1.29 is 8.81 Å². The molecule has 0 unspecified atom stereocenters. The van der Waals surface area contributed by atoms with E-state index in [0.717, 1.165) is 0 Å². The lowest BCUT2D eigenvalue weighted by Crippen LogP contribution is -1.92. The van der Waals surface area contributed by atoms with Crippen LogP contribution < -0.4 is 5.32 Å². The molecule has 0 spiro atoms. The fourth-order valence-corrected chi connectivity index (χ4v) is 1.52. The Hall–Kier alpha value is -1.33. The topological polar surface area (TPSA) is 51.0 Å². The highest BCUT2D eigenvalue weighted by Crippen LogP contribution is 2.25. The number of nitrogens with one attached hydrogen (secondary N) is 1. The van der Waals surface area contributed by atoms with E-state index in [2.05, 4.69) is 15.5 Å². The molecule has 0 saturated heterocycles. The van der Waals surface area contributed by atoms with E-state index in [1.165, 1.54) is 18.2 Å². The Kier molecular flexibility index (Phi) is 3.81. The minimum absolute atomic E-state index is 0.151. The zero-order valence-corrected chi connectivity index (χ0v) is 10.1. The first-order chi connectivity index (χ1) is 8.19. The van der Waals surface area contributed by atoms with Gasteiger partial charge in [-0.1, -0.05) is 16.7 Å². The van der Waals surface area contributed by atoms with Crippen LogP contribution in [0.5, 0.6) is 0 Å². The van der Waals surface area contributed by atoms with Crippen LogP contribution in [0, 0.1) is 5.82 Å². The van der Waals surface area contributed by atoms with Crippen LogP contribution in [0.2, 0.25) is 5.02 Å². The number of halogens is 3. The van der Waals surface area contributed by atoms with E-state index in [4.69, 9.17) is 27.6 Å². The van der Waals surface area contributed by atoms with Gasteiger partial charge in [-0.2, -0.15) is 0 Å². The number of nitrogens with zero attached hydrogens (tertiary/aromatic N) is 2. The molecule has 1 aromatic heterocycles. The van der Waals surface area contributed by atoms with Gasteiger partial charge < -0.3 is 9.73 Å². The second-order valence-corrected chi connectivity index (χ2v) is 3.97. The summed E-state index contributed by atoms with van der Waals surface area (Å²) in [6.45, 7) is 0. The van der Waals surface area contributed by atoms with Gasteiger partial charge in [0.05, 0.1) is 10.7 Å². The Labute approximate surface area is 107 Å². The van der Waals surface area contributed by atoms with E-state index in [1.807, 2.05) is 0 Å². The summed E-state index contributed by atoms with van der Waals surface area (Å²) in [5.74, 6) is 0.398. The third-order valence-corrected chi connectivity index (χ3v) is 2.46. The third kappa shape index (κ3) is 3.08. The maximum absolute atomic E-state index is 13.0. The van der Waals surface area contributed by atoms with Crippen molar-refractivity contribution in [2.45, 2.75) is 6.42 Å². The predicted octanol–water partition coefficient (Wildman–Crippen LogP) is 3.39. The van der Waals surface area contributed by atoms with Crippen molar-refractivity contribution in [3.63, 3.8) is 0 Å². The molecule has 0 amide bonds. The maximum Gasteiger partial charge on any atom is 0.320 e. The van der Waals surface area contributed by atoms with Crippen LogP contribution in [0.15, 0.2) is 22.6 Å². The number of benzene rings is 1. The number of aryl methyl sites for hydroxylation is 1. The van der Waals surface area contributed by atoms with Crippen LogP contribution in [-0.2, 0) is 6.42 Å². The molecule has 90 valence electrons. The van der Waals surface area contributed by atoms with Crippen LogP contribution in [0.1, 0.15) is 5.89 Å². The van der Waals surface area contributed by atoms with Crippen LogP contribution >= 0.6 is 23.2 Å². The standard InChI is InChI=1S/C10H8Cl2FN3O/c11-4-3-9-15-16-10(17-9)14-8-5-6(13)1-2-7(8)12/h1-2,5H,3-4H2,(H,14,16). The van der Waals surface area contributed by atoms with Gasteiger partial charge >= 0.3 is 6.01 Å². The maximum atomic E-state index is 13.0. The van der Waals surface area contributed by atoms with Gasteiger partial charge in [-0.15, -0.1) is 16.7 Å². The zero-order chi connectivity index (χ0) is 12.3. The van der Waals surface area contributed by atoms with Crippen molar-refractivity contribution >= 4 is 34.9 Å². The van der Waals surface area contributed by atoms with Crippen LogP contribution in [0.25, 0.3) is 0 Å². The van der Waals surface area contributed by atoms with Gasteiger partial charge in [-0.3, -0.25) is 0 Å². The third-order valence-electron chi connectivity index (χ3n) is 1.95. The molecule has 2 rings (SSSR count). The lowest BCUT2D eigenvalue weighted by molar-refractivity contribution is 0.516. The van der Waals surface area contributed by atoms with E-state index in [-0.39, 0.29) is 6.01 Å². The van der Waals surface area contributed by atoms with Crippen molar-refractivity contribution in [2.75, 3.05) is 11.2 Å². The molecular formula is C10H8Cl2FN3O. The molecule has 0 fully saturated rings. The Bertz CT molecular complexity index is 518. The normalized spacial score (nSPS) is 10.5. The van der Waals surface area contributed by atoms with Gasteiger partial charge in [-0.25, -0.2) is 4.39 Å². The molecule has 0 aliphatic heterocycles. The Morgan fingerprint density at radius 2 is 2.18 bits per heavy atom. The molecule has 1 heterocycles. The number of hydrogen-bond acceptors (Lipinski definition) is 4.